The molecule has 0 aromatic heterocycles. The van der Waals surface area contributed by atoms with E-state index < -0.39 is 11.7 Å². The summed E-state index contributed by atoms with van der Waals surface area (Å²) in [6.07, 6.45) is 1.02. The van der Waals surface area contributed by atoms with Crippen LogP contribution in [0.3, 0.4) is 0 Å². The molecule has 2 amide bonds. The molecule has 152 valence electrons. The van der Waals surface area contributed by atoms with E-state index in [1.807, 2.05) is 65.0 Å². The molecule has 0 bridgehead atoms. The Morgan fingerprint density at radius 2 is 1.70 bits per heavy atom. The van der Waals surface area contributed by atoms with Gasteiger partial charge in [-0.1, -0.05) is 44.2 Å². The Morgan fingerprint density at radius 1 is 1.11 bits per heavy atom. The number of hydrogen-bond acceptors (Lipinski definition) is 4. The molecule has 0 saturated carbocycles. The molecular formula is C21H34N2O4. The number of alkyl carbamates (subject to hydrolysis) is 1. The Morgan fingerprint density at radius 3 is 2.26 bits per heavy atom. The third-order valence-electron chi connectivity index (χ3n) is 4.01. The van der Waals surface area contributed by atoms with Gasteiger partial charge in [-0.3, -0.25) is 0 Å². The highest BCUT2D eigenvalue weighted by molar-refractivity contribution is 5.68. The second-order valence-corrected chi connectivity index (χ2v) is 7.35. The number of piperidine rings is 1. The minimum atomic E-state index is -0.474. The first-order chi connectivity index (χ1) is 12.8. The van der Waals surface area contributed by atoms with Crippen LogP contribution >= 0.6 is 0 Å². The number of carbonyl (C=O) groups is 2. The summed E-state index contributed by atoms with van der Waals surface area (Å²) in [5, 5.41) is 2.81. The fourth-order valence-electron chi connectivity index (χ4n) is 2.65. The summed E-state index contributed by atoms with van der Waals surface area (Å²) in [5.41, 5.74) is 0.487. The quantitative estimate of drug-likeness (QED) is 0.832. The number of carbonyl (C=O) groups excluding carboxylic acids is 2. The van der Waals surface area contributed by atoms with E-state index in [0.717, 1.165) is 18.4 Å². The van der Waals surface area contributed by atoms with Crippen LogP contribution in [-0.2, 0) is 16.1 Å². The van der Waals surface area contributed by atoms with Crippen molar-refractivity contribution < 1.29 is 19.1 Å². The number of rotatable bonds is 4. The maximum atomic E-state index is 12.0. The molecule has 0 aliphatic carbocycles. The Hall–Kier alpha value is -2.24. The van der Waals surface area contributed by atoms with Crippen molar-refractivity contribution in [3.8, 4) is 0 Å². The van der Waals surface area contributed by atoms with Gasteiger partial charge in [0.1, 0.15) is 12.2 Å². The Kier molecular flexibility index (Phi) is 9.68. The Bertz CT molecular complexity index is 561. The van der Waals surface area contributed by atoms with Crippen LogP contribution in [0.15, 0.2) is 30.3 Å². The lowest BCUT2D eigenvalue weighted by atomic mass is 9.97. The van der Waals surface area contributed by atoms with Gasteiger partial charge in [-0.15, -0.1) is 0 Å². The summed E-state index contributed by atoms with van der Waals surface area (Å²) in [6, 6.07) is 9.58. The lowest BCUT2D eigenvalue weighted by molar-refractivity contribution is 0.0183. The molecule has 1 heterocycles. The highest BCUT2D eigenvalue weighted by Gasteiger charge is 2.27. The van der Waals surface area contributed by atoms with Gasteiger partial charge in [0.05, 0.1) is 0 Å². The molecule has 0 unspecified atom stereocenters. The molecule has 1 aliphatic rings. The van der Waals surface area contributed by atoms with Gasteiger partial charge in [0.2, 0.25) is 0 Å². The van der Waals surface area contributed by atoms with Crippen LogP contribution in [0, 0.1) is 5.92 Å². The smallest absolute Gasteiger partial charge is 0.410 e. The number of ether oxygens (including phenoxy) is 2. The molecule has 6 heteroatoms. The lowest BCUT2D eigenvalue weighted by Crippen LogP contribution is -2.43. The first kappa shape index (κ1) is 22.8. The number of benzene rings is 1. The van der Waals surface area contributed by atoms with Gasteiger partial charge in [0, 0.05) is 19.6 Å². The van der Waals surface area contributed by atoms with Crippen LogP contribution < -0.4 is 5.32 Å². The molecule has 1 fully saturated rings. The SMILES string of the molecule is CC.CC(C)(C)OC(=O)N1CCC(CNC(=O)OCc2ccccc2)CC1. The van der Waals surface area contributed by atoms with Crippen LogP contribution in [0.2, 0.25) is 0 Å². The average molecular weight is 379 g/mol. The van der Waals surface area contributed by atoms with Crippen molar-refractivity contribution >= 4 is 12.2 Å². The monoisotopic (exact) mass is 378 g/mol. The van der Waals surface area contributed by atoms with Gasteiger partial charge in [-0.25, -0.2) is 9.59 Å². The van der Waals surface area contributed by atoms with E-state index in [1.54, 1.807) is 4.90 Å². The van der Waals surface area contributed by atoms with Crippen molar-refractivity contribution in [3.05, 3.63) is 35.9 Å². The average Bonchev–Trinajstić information content (AvgIpc) is 2.66. The highest BCUT2D eigenvalue weighted by Crippen LogP contribution is 2.19. The normalized spacial score (nSPS) is 14.6. The van der Waals surface area contributed by atoms with Crippen molar-refractivity contribution in [1.29, 1.82) is 0 Å². The first-order valence-corrected chi connectivity index (χ1v) is 9.76. The minimum Gasteiger partial charge on any atom is -0.445 e. The number of nitrogens with one attached hydrogen (secondary N) is 1. The van der Waals surface area contributed by atoms with E-state index in [2.05, 4.69) is 5.32 Å². The van der Waals surface area contributed by atoms with Crippen molar-refractivity contribution in [2.45, 2.75) is 59.7 Å². The first-order valence-electron chi connectivity index (χ1n) is 9.76. The van der Waals surface area contributed by atoms with Crippen LogP contribution in [0.5, 0.6) is 0 Å². The zero-order valence-corrected chi connectivity index (χ0v) is 17.3. The zero-order chi connectivity index (χ0) is 20.3. The standard InChI is InChI=1S/C19H28N2O4.C2H6/c1-19(2,3)25-18(23)21-11-9-15(10-12-21)13-20-17(22)24-14-16-7-5-4-6-8-16;1-2/h4-8,15H,9-14H2,1-3H3,(H,20,22);1-2H3. The molecule has 1 saturated heterocycles. The predicted molar refractivity (Wildman–Crippen MR) is 107 cm³/mol. The number of hydrogen-bond donors (Lipinski definition) is 1. The summed E-state index contributed by atoms with van der Waals surface area (Å²) in [4.78, 5) is 25.5. The third-order valence-corrected chi connectivity index (χ3v) is 4.01. The third kappa shape index (κ3) is 9.31. The number of amides is 2. The van der Waals surface area contributed by atoms with Gasteiger partial charge in [-0.05, 0) is 45.1 Å². The second kappa shape index (κ2) is 11.5. The Labute approximate surface area is 163 Å². The second-order valence-electron chi connectivity index (χ2n) is 7.35. The minimum absolute atomic E-state index is 0.263. The fraction of sp³-hybridized carbons (Fsp3) is 0.619. The lowest BCUT2D eigenvalue weighted by Gasteiger charge is -2.33. The van der Waals surface area contributed by atoms with E-state index in [9.17, 15) is 9.59 Å². The molecule has 1 aliphatic heterocycles. The molecule has 1 N–H and O–H groups in total. The van der Waals surface area contributed by atoms with Gasteiger partial charge in [0.25, 0.3) is 0 Å². The van der Waals surface area contributed by atoms with Crippen molar-refractivity contribution in [3.63, 3.8) is 0 Å². The summed E-state index contributed by atoms with van der Waals surface area (Å²) in [5.74, 6) is 0.350. The maximum absolute atomic E-state index is 12.0. The molecule has 0 atom stereocenters. The van der Waals surface area contributed by atoms with Gasteiger partial charge in [-0.2, -0.15) is 0 Å². The molecule has 6 nitrogen and oxygen atoms in total. The summed E-state index contributed by atoms with van der Waals surface area (Å²) < 4.78 is 10.6. The van der Waals surface area contributed by atoms with E-state index >= 15 is 0 Å². The molecule has 27 heavy (non-hydrogen) atoms. The van der Waals surface area contributed by atoms with Crippen LogP contribution in [0.1, 0.15) is 53.0 Å². The molecule has 0 radical (unpaired) electrons. The molecule has 0 spiro atoms. The van der Waals surface area contributed by atoms with Gasteiger partial charge < -0.3 is 19.7 Å². The molecule has 1 aromatic rings. The summed E-state index contributed by atoms with van der Waals surface area (Å²) in [7, 11) is 0. The molecule has 2 rings (SSSR count). The topological polar surface area (TPSA) is 67.9 Å². The summed E-state index contributed by atoms with van der Waals surface area (Å²) >= 11 is 0. The fourth-order valence-corrected chi connectivity index (χ4v) is 2.65. The van der Waals surface area contributed by atoms with Crippen molar-refractivity contribution in [2.75, 3.05) is 19.6 Å². The van der Waals surface area contributed by atoms with Crippen molar-refractivity contribution in [1.82, 2.24) is 10.2 Å². The largest absolute Gasteiger partial charge is 0.445 e. The van der Waals surface area contributed by atoms with E-state index in [-0.39, 0.29) is 12.7 Å². The van der Waals surface area contributed by atoms with Gasteiger partial charge in [0.15, 0.2) is 0 Å². The van der Waals surface area contributed by atoms with E-state index in [0.29, 0.717) is 25.6 Å². The zero-order valence-electron chi connectivity index (χ0n) is 17.3. The number of likely N-dealkylation sites (tertiary alicyclic amines) is 1. The number of nitrogens with zero attached hydrogens (tertiary/aromatic N) is 1. The van der Waals surface area contributed by atoms with E-state index in [1.165, 1.54) is 0 Å². The van der Waals surface area contributed by atoms with E-state index in [4.69, 9.17) is 9.47 Å². The highest BCUT2D eigenvalue weighted by atomic mass is 16.6. The van der Waals surface area contributed by atoms with Gasteiger partial charge >= 0.3 is 12.2 Å². The van der Waals surface area contributed by atoms with Crippen LogP contribution in [-0.4, -0.2) is 42.3 Å². The van der Waals surface area contributed by atoms with Crippen LogP contribution in [0.4, 0.5) is 9.59 Å². The van der Waals surface area contributed by atoms with Crippen LogP contribution in [0.25, 0.3) is 0 Å². The Balaban J connectivity index is 0.00000176. The summed E-state index contributed by atoms with van der Waals surface area (Å²) in [6.45, 7) is 11.7. The molecular weight excluding hydrogens is 344 g/mol. The predicted octanol–water partition coefficient (Wildman–Crippen LogP) is 4.59. The maximum Gasteiger partial charge on any atom is 0.410 e. The molecule has 1 aromatic carbocycles. The van der Waals surface area contributed by atoms with Crippen molar-refractivity contribution in [2.24, 2.45) is 5.92 Å².